The molecule has 0 unspecified atom stereocenters. The average Bonchev–Trinajstić information content (AvgIpc) is 3.39. The van der Waals surface area contributed by atoms with Gasteiger partial charge in [0.1, 0.15) is 17.7 Å². The summed E-state index contributed by atoms with van der Waals surface area (Å²) in [5, 5.41) is 10.3. The third-order valence-corrected chi connectivity index (χ3v) is 7.90. The van der Waals surface area contributed by atoms with Crippen molar-refractivity contribution in [1.29, 1.82) is 0 Å². The maximum Gasteiger partial charge on any atom is 0.416 e. The molecule has 0 bridgehead atoms. The number of alkyl halides is 4. The van der Waals surface area contributed by atoms with Crippen molar-refractivity contribution in [3.63, 3.8) is 0 Å². The lowest BCUT2D eigenvalue weighted by atomic mass is 9.80. The maximum absolute atomic E-state index is 14.3. The number of fused-ring (bicyclic) bond motifs is 1. The summed E-state index contributed by atoms with van der Waals surface area (Å²) in [5.41, 5.74) is 0.641. The Bertz CT molecular complexity index is 1730. The molecule has 0 radical (unpaired) electrons. The minimum atomic E-state index is -4.68. The van der Waals surface area contributed by atoms with Gasteiger partial charge in [0.2, 0.25) is 5.91 Å². The summed E-state index contributed by atoms with van der Waals surface area (Å²) in [7, 11) is 0. The van der Waals surface area contributed by atoms with Crippen molar-refractivity contribution >= 4 is 39.5 Å². The molecule has 3 atom stereocenters. The van der Waals surface area contributed by atoms with Crippen LogP contribution in [0.1, 0.15) is 52.5 Å². The molecule has 0 saturated carbocycles. The molecule has 2 N–H and O–H groups in total. The van der Waals surface area contributed by atoms with Crippen molar-refractivity contribution in [3.05, 3.63) is 113 Å². The summed E-state index contributed by atoms with van der Waals surface area (Å²) in [6.45, 7) is 3.50. The third kappa shape index (κ3) is 6.48. The standard InChI is InChI=1S/C32H28BrF4N5O3/c1-3-41-30-26(24(17-38-28(43)18(2)33)40-42(30)23-10-5-4-6-11-23)25(19-12-14-22(34)15-13-19)27(31(41)45)39-29(44)20-8-7-9-21(16-20)32(35,36)37/h4-16,18,25,27H,3,17H2,1-2H3,(H,38,43)(H,39,44)/t18-,25-,27-/m0/s1. The normalized spacial score (nSPS) is 17.0. The van der Waals surface area contributed by atoms with Gasteiger partial charge in [-0.05, 0) is 61.9 Å². The van der Waals surface area contributed by atoms with Gasteiger partial charge in [-0.1, -0.05) is 52.3 Å². The quantitative estimate of drug-likeness (QED) is 0.183. The molecule has 13 heteroatoms. The molecule has 1 aromatic heterocycles. The van der Waals surface area contributed by atoms with Crippen molar-refractivity contribution in [2.24, 2.45) is 0 Å². The van der Waals surface area contributed by atoms with E-state index in [2.05, 4.69) is 26.6 Å². The van der Waals surface area contributed by atoms with E-state index in [1.807, 2.05) is 6.07 Å². The van der Waals surface area contributed by atoms with E-state index in [4.69, 9.17) is 5.10 Å². The van der Waals surface area contributed by atoms with Crippen LogP contribution in [0.25, 0.3) is 5.69 Å². The first-order valence-electron chi connectivity index (χ1n) is 14.0. The second-order valence-electron chi connectivity index (χ2n) is 10.4. The molecule has 1 aliphatic heterocycles. The molecule has 1 aliphatic rings. The van der Waals surface area contributed by atoms with E-state index >= 15 is 0 Å². The zero-order chi connectivity index (χ0) is 32.5. The predicted molar refractivity (Wildman–Crippen MR) is 163 cm³/mol. The molecule has 5 rings (SSSR count). The Kier molecular flexibility index (Phi) is 9.10. The molecule has 0 spiro atoms. The molecule has 234 valence electrons. The van der Waals surface area contributed by atoms with Gasteiger partial charge in [-0.15, -0.1) is 0 Å². The molecule has 8 nitrogen and oxygen atoms in total. The van der Waals surface area contributed by atoms with E-state index in [0.717, 1.165) is 12.1 Å². The van der Waals surface area contributed by atoms with Gasteiger partial charge in [0, 0.05) is 23.6 Å². The SMILES string of the molecule is CCN1C(=O)[C@@H](NC(=O)c2cccc(C(F)(F)F)c2)[C@@H](c2ccc(F)cc2)c2c(CNC(=O)[C@H](C)Br)nn(-c3ccccc3)c21. The van der Waals surface area contributed by atoms with Gasteiger partial charge in [0.15, 0.2) is 0 Å². The molecule has 3 aromatic carbocycles. The smallest absolute Gasteiger partial charge is 0.349 e. The maximum atomic E-state index is 14.3. The minimum absolute atomic E-state index is 0.0470. The van der Waals surface area contributed by atoms with E-state index in [-0.39, 0.29) is 24.6 Å². The highest BCUT2D eigenvalue weighted by molar-refractivity contribution is 9.10. The largest absolute Gasteiger partial charge is 0.416 e. The molecular weight excluding hydrogens is 658 g/mol. The minimum Gasteiger partial charge on any atom is -0.349 e. The summed E-state index contributed by atoms with van der Waals surface area (Å²) in [4.78, 5) is 41.2. The Morgan fingerprint density at radius 2 is 1.71 bits per heavy atom. The van der Waals surface area contributed by atoms with E-state index in [9.17, 15) is 31.9 Å². The number of hydrogen-bond acceptors (Lipinski definition) is 4. The first-order chi connectivity index (χ1) is 21.4. The number of para-hydroxylation sites is 1. The predicted octanol–water partition coefficient (Wildman–Crippen LogP) is 5.73. The van der Waals surface area contributed by atoms with Crippen LogP contribution in [-0.4, -0.2) is 44.9 Å². The number of nitrogens with zero attached hydrogens (tertiary/aromatic N) is 3. The van der Waals surface area contributed by atoms with E-state index < -0.39 is 46.2 Å². The van der Waals surface area contributed by atoms with Gasteiger partial charge in [0.25, 0.3) is 11.8 Å². The molecule has 3 amide bonds. The van der Waals surface area contributed by atoms with Crippen LogP contribution < -0.4 is 15.5 Å². The number of anilines is 1. The fraction of sp³-hybridized carbons (Fsp3) is 0.250. The van der Waals surface area contributed by atoms with Crippen LogP contribution in [0.15, 0.2) is 78.9 Å². The molecule has 0 aliphatic carbocycles. The monoisotopic (exact) mass is 685 g/mol. The lowest BCUT2D eigenvalue weighted by Gasteiger charge is -2.38. The number of hydrogen-bond donors (Lipinski definition) is 2. The van der Waals surface area contributed by atoms with Crippen molar-refractivity contribution in [1.82, 2.24) is 20.4 Å². The van der Waals surface area contributed by atoms with Crippen molar-refractivity contribution in [2.45, 2.75) is 43.4 Å². The summed E-state index contributed by atoms with van der Waals surface area (Å²) >= 11 is 3.25. The van der Waals surface area contributed by atoms with Gasteiger partial charge >= 0.3 is 6.18 Å². The summed E-state index contributed by atoms with van der Waals surface area (Å²) in [6, 6.07) is 17.0. The molecule has 0 fully saturated rings. The Morgan fingerprint density at radius 3 is 2.33 bits per heavy atom. The highest BCUT2D eigenvalue weighted by Gasteiger charge is 2.46. The highest BCUT2D eigenvalue weighted by atomic mass is 79.9. The third-order valence-electron chi connectivity index (χ3n) is 7.48. The van der Waals surface area contributed by atoms with Gasteiger partial charge in [-0.2, -0.15) is 18.3 Å². The first-order valence-corrected chi connectivity index (χ1v) is 15.0. The van der Waals surface area contributed by atoms with E-state index in [1.165, 1.54) is 35.2 Å². The van der Waals surface area contributed by atoms with Gasteiger partial charge < -0.3 is 10.6 Å². The number of nitrogens with one attached hydrogen (secondary N) is 2. The van der Waals surface area contributed by atoms with Crippen LogP contribution in [0, 0.1) is 5.82 Å². The van der Waals surface area contributed by atoms with E-state index in [0.29, 0.717) is 34.4 Å². The molecule has 0 saturated heterocycles. The highest BCUT2D eigenvalue weighted by Crippen LogP contribution is 2.44. The molecular formula is C32H28BrF4N5O3. The number of halogens is 5. The Hall–Kier alpha value is -4.52. The van der Waals surface area contributed by atoms with Gasteiger partial charge in [-0.3, -0.25) is 19.3 Å². The number of likely N-dealkylation sites (N-methyl/N-ethyl adjacent to an activating group) is 1. The van der Waals surface area contributed by atoms with Gasteiger partial charge in [0.05, 0.1) is 28.3 Å². The number of aromatic nitrogens is 2. The second-order valence-corrected chi connectivity index (χ2v) is 11.8. The van der Waals surface area contributed by atoms with Gasteiger partial charge in [-0.25, -0.2) is 9.07 Å². The number of rotatable bonds is 8. The fourth-order valence-corrected chi connectivity index (χ4v) is 5.52. The Balaban J connectivity index is 1.69. The lowest BCUT2D eigenvalue weighted by molar-refractivity contribution is -0.137. The van der Waals surface area contributed by atoms with Crippen LogP contribution >= 0.6 is 15.9 Å². The number of amides is 3. The summed E-state index contributed by atoms with van der Waals surface area (Å²) < 4.78 is 56.0. The Labute approximate surface area is 264 Å². The van der Waals surface area contributed by atoms with E-state index in [1.54, 1.807) is 42.8 Å². The summed E-state index contributed by atoms with van der Waals surface area (Å²) in [5.74, 6) is -2.84. The number of carbonyl (C=O) groups excluding carboxylic acids is 3. The van der Waals surface area contributed by atoms with Crippen LogP contribution in [0.5, 0.6) is 0 Å². The van der Waals surface area contributed by atoms with Crippen molar-refractivity contribution in [3.8, 4) is 5.69 Å². The molecule has 4 aromatic rings. The zero-order valence-corrected chi connectivity index (χ0v) is 25.7. The second kappa shape index (κ2) is 12.8. The Morgan fingerprint density at radius 1 is 1.02 bits per heavy atom. The van der Waals surface area contributed by atoms with Crippen molar-refractivity contribution in [2.75, 3.05) is 11.4 Å². The van der Waals surface area contributed by atoms with Crippen LogP contribution in [0.2, 0.25) is 0 Å². The van der Waals surface area contributed by atoms with Crippen molar-refractivity contribution < 1.29 is 31.9 Å². The number of carbonyl (C=O) groups is 3. The topological polar surface area (TPSA) is 96.3 Å². The molecule has 2 heterocycles. The fourth-order valence-electron chi connectivity index (χ4n) is 5.36. The van der Waals surface area contributed by atoms with Crippen LogP contribution in [-0.2, 0) is 22.3 Å². The first kappa shape index (κ1) is 31.9. The summed E-state index contributed by atoms with van der Waals surface area (Å²) in [6.07, 6.45) is -4.68. The lowest BCUT2D eigenvalue weighted by Crippen LogP contribution is -2.55. The average molecular weight is 687 g/mol. The van der Waals surface area contributed by atoms with Crippen LogP contribution in [0.4, 0.5) is 23.4 Å². The van der Waals surface area contributed by atoms with Crippen LogP contribution in [0.3, 0.4) is 0 Å². The number of benzene rings is 3. The zero-order valence-electron chi connectivity index (χ0n) is 24.1. The molecule has 45 heavy (non-hydrogen) atoms.